The highest BCUT2D eigenvalue weighted by molar-refractivity contribution is 5.71. The molecule has 0 N–H and O–H groups in total. The first-order chi connectivity index (χ1) is 37.0. The number of hydrogen-bond acceptors (Lipinski definition) is 6. The SMILES string of the molecule is CC/C=C\C/C=C\C/C=C\C/C=C\CCC(=O)OC(COC(=O)CCCCCCC/C=C\C/C=C\CCC)COC(=O)CCCCCCCCCCCCCCCCCCCCC/C=C\CCCCCCCCCC. The van der Waals surface area contributed by atoms with Crippen LogP contribution in [0.25, 0.3) is 0 Å². The molecule has 0 radical (unpaired) electrons. The fourth-order valence-corrected chi connectivity index (χ4v) is 9.08. The Morgan fingerprint density at radius 2 is 0.573 bits per heavy atom. The third-order valence-electron chi connectivity index (χ3n) is 13.8. The second kappa shape index (κ2) is 63.1. The lowest BCUT2D eigenvalue weighted by molar-refractivity contribution is -0.166. The molecule has 0 bridgehead atoms. The van der Waals surface area contributed by atoms with Gasteiger partial charge >= 0.3 is 17.9 Å². The highest BCUT2D eigenvalue weighted by Gasteiger charge is 2.19. The third kappa shape index (κ3) is 61.3. The van der Waals surface area contributed by atoms with Gasteiger partial charge in [0, 0.05) is 19.3 Å². The Kier molecular flexibility index (Phi) is 60.3. The van der Waals surface area contributed by atoms with Crippen LogP contribution in [-0.4, -0.2) is 37.2 Å². The fourth-order valence-electron chi connectivity index (χ4n) is 9.08. The van der Waals surface area contributed by atoms with Gasteiger partial charge in [-0.1, -0.05) is 286 Å². The van der Waals surface area contributed by atoms with Crippen molar-refractivity contribution in [1.82, 2.24) is 0 Å². The van der Waals surface area contributed by atoms with Gasteiger partial charge in [-0.05, 0) is 96.3 Å². The van der Waals surface area contributed by atoms with Gasteiger partial charge in [-0.15, -0.1) is 0 Å². The van der Waals surface area contributed by atoms with Crippen LogP contribution in [0.4, 0.5) is 0 Å². The Labute approximate surface area is 465 Å². The van der Waals surface area contributed by atoms with Crippen LogP contribution in [-0.2, 0) is 28.6 Å². The van der Waals surface area contributed by atoms with Gasteiger partial charge in [-0.3, -0.25) is 14.4 Å². The first kappa shape index (κ1) is 71.6. The number of ether oxygens (including phenoxy) is 3. The zero-order valence-electron chi connectivity index (χ0n) is 49.6. The number of rotatable bonds is 58. The monoisotopic (exact) mass is 1040 g/mol. The van der Waals surface area contributed by atoms with Gasteiger partial charge < -0.3 is 14.2 Å². The van der Waals surface area contributed by atoms with E-state index in [1.807, 2.05) is 12.2 Å². The molecular formula is C69H120O6. The zero-order chi connectivity index (χ0) is 54.3. The van der Waals surface area contributed by atoms with Crippen LogP contribution in [0.3, 0.4) is 0 Å². The van der Waals surface area contributed by atoms with Gasteiger partial charge in [-0.2, -0.15) is 0 Å². The van der Waals surface area contributed by atoms with Crippen molar-refractivity contribution in [2.75, 3.05) is 13.2 Å². The van der Waals surface area contributed by atoms with E-state index in [1.54, 1.807) is 0 Å². The van der Waals surface area contributed by atoms with E-state index in [0.717, 1.165) is 96.3 Å². The molecule has 0 amide bonds. The van der Waals surface area contributed by atoms with Gasteiger partial charge in [0.1, 0.15) is 13.2 Å². The maximum Gasteiger partial charge on any atom is 0.306 e. The molecule has 432 valence electrons. The summed E-state index contributed by atoms with van der Waals surface area (Å²) in [4.78, 5) is 38.1. The molecule has 75 heavy (non-hydrogen) atoms. The van der Waals surface area contributed by atoms with Crippen LogP contribution in [0.2, 0.25) is 0 Å². The van der Waals surface area contributed by atoms with Crippen molar-refractivity contribution in [2.45, 2.75) is 322 Å². The summed E-state index contributed by atoms with van der Waals surface area (Å²) in [7, 11) is 0. The number of unbranched alkanes of at least 4 members (excludes halogenated alkanes) is 33. The summed E-state index contributed by atoms with van der Waals surface area (Å²) in [5, 5.41) is 0. The molecule has 1 unspecified atom stereocenters. The highest BCUT2D eigenvalue weighted by Crippen LogP contribution is 2.17. The first-order valence-electron chi connectivity index (χ1n) is 32.1. The summed E-state index contributed by atoms with van der Waals surface area (Å²) in [5.41, 5.74) is 0. The predicted molar refractivity (Wildman–Crippen MR) is 325 cm³/mol. The number of carbonyl (C=O) groups excluding carboxylic acids is 3. The average molecular weight is 1050 g/mol. The quantitative estimate of drug-likeness (QED) is 0.0261. The lowest BCUT2D eigenvalue weighted by Crippen LogP contribution is -2.30. The van der Waals surface area contributed by atoms with E-state index >= 15 is 0 Å². The van der Waals surface area contributed by atoms with Crippen LogP contribution in [0, 0.1) is 0 Å². The molecule has 0 spiro atoms. The minimum absolute atomic E-state index is 0.108. The van der Waals surface area contributed by atoms with Crippen LogP contribution in [0.1, 0.15) is 316 Å². The van der Waals surface area contributed by atoms with Gasteiger partial charge in [-0.25, -0.2) is 0 Å². The molecule has 0 aliphatic heterocycles. The van der Waals surface area contributed by atoms with Crippen molar-refractivity contribution in [2.24, 2.45) is 0 Å². The summed E-state index contributed by atoms with van der Waals surface area (Å²) in [6, 6.07) is 0. The van der Waals surface area contributed by atoms with Crippen LogP contribution >= 0.6 is 0 Å². The normalized spacial score (nSPS) is 12.6. The van der Waals surface area contributed by atoms with E-state index in [9.17, 15) is 14.4 Å². The molecule has 0 aliphatic carbocycles. The van der Waals surface area contributed by atoms with Gasteiger partial charge in [0.15, 0.2) is 6.10 Å². The first-order valence-corrected chi connectivity index (χ1v) is 32.1. The van der Waals surface area contributed by atoms with Crippen LogP contribution in [0.15, 0.2) is 85.1 Å². The Balaban J connectivity index is 4.16. The number of esters is 3. The largest absolute Gasteiger partial charge is 0.462 e. The van der Waals surface area contributed by atoms with Crippen molar-refractivity contribution < 1.29 is 28.6 Å². The molecular weight excluding hydrogens is 925 g/mol. The molecule has 0 aromatic carbocycles. The molecule has 6 nitrogen and oxygen atoms in total. The molecule has 0 aromatic rings. The molecule has 0 aromatic heterocycles. The molecule has 0 saturated carbocycles. The number of allylic oxidation sites excluding steroid dienone is 14. The maximum absolute atomic E-state index is 12.8. The molecule has 0 saturated heterocycles. The van der Waals surface area contributed by atoms with Crippen molar-refractivity contribution in [3.05, 3.63) is 85.1 Å². The van der Waals surface area contributed by atoms with E-state index in [1.165, 1.54) is 173 Å². The molecule has 6 heteroatoms. The van der Waals surface area contributed by atoms with Crippen LogP contribution in [0.5, 0.6) is 0 Å². The third-order valence-corrected chi connectivity index (χ3v) is 13.8. The number of hydrogen-bond donors (Lipinski definition) is 0. The minimum atomic E-state index is -0.820. The van der Waals surface area contributed by atoms with Crippen molar-refractivity contribution in [1.29, 1.82) is 0 Å². The summed E-state index contributed by atoms with van der Waals surface area (Å²) < 4.78 is 16.8. The maximum atomic E-state index is 12.8. The lowest BCUT2D eigenvalue weighted by Gasteiger charge is -2.18. The lowest BCUT2D eigenvalue weighted by atomic mass is 10.0. The Morgan fingerprint density at radius 1 is 0.280 bits per heavy atom. The van der Waals surface area contributed by atoms with E-state index in [2.05, 4.69) is 93.7 Å². The van der Waals surface area contributed by atoms with Gasteiger partial charge in [0.05, 0.1) is 0 Å². The summed E-state index contributed by atoms with van der Waals surface area (Å²) in [5.74, 6) is -0.997. The van der Waals surface area contributed by atoms with Crippen molar-refractivity contribution in [3.8, 4) is 0 Å². The second-order valence-electron chi connectivity index (χ2n) is 21.3. The summed E-state index contributed by atoms with van der Waals surface area (Å²) >= 11 is 0. The minimum Gasteiger partial charge on any atom is -0.462 e. The van der Waals surface area contributed by atoms with Crippen molar-refractivity contribution >= 4 is 17.9 Å². The van der Waals surface area contributed by atoms with E-state index < -0.39 is 12.1 Å². The molecule has 0 rings (SSSR count). The highest BCUT2D eigenvalue weighted by atomic mass is 16.6. The summed E-state index contributed by atoms with van der Waals surface area (Å²) in [6.07, 6.45) is 83.5. The van der Waals surface area contributed by atoms with E-state index in [-0.39, 0.29) is 31.6 Å². The molecule has 0 heterocycles. The smallest absolute Gasteiger partial charge is 0.306 e. The van der Waals surface area contributed by atoms with Gasteiger partial charge in [0.2, 0.25) is 0 Å². The van der Waals surface area contributed by atoms with Gasteiger partial charge in [0.25, 0.3) is 0 Å². The Morgan fingerprint density at radius 3 is 0.933 bits per heavy atom. The Hall–Kier alpha value is -3.41. The van der Waals surface area contributed by atoms with E-state index in [0.29, 0.717) is 19.3 Å². The van der Waals surface area contributed by atoms with Crippen molar-refractivity contribution in [3.63, 3.8) is 0 Å². The fraction of sp³-hybridized carbons (Fsp3) is 0.754. The van der Waals surface area contributed by atoms with Crippen LogP contribution < -0.4 is 0 Å². The topological polar surface area (TPSA) is 78.9 Å². The zero-order valence-corrected chi connectivity index (χ0v) is 49.6. The average Bonchev–Trinajstić information content (AvgIpc) is 3.41. The summed E-state index contributed by atoms with van der Waals surface area (Å²) in [6.45, 7) is 6.41. The molecule has 0 aliphatic rings. The molecule has 0 fully saturated rings. The Bertz CT molecular complexity index is 1430. The second-order valence-corrected chi connectivity index (χ2v) is 21.3. The molecule has 1 atom stereocenters. The predicted octanol–water partition coefficient (Wildman–Crippen LogP) is 21.9. The standard InChI is InChI=1S/C69H120O6/c1-4-7-10-13-16-19-22-25-26-27-28-29-30-31-32-33-34-35-36-37-38-39-40-41-42-45-47-50-53-56-59-62-68(71)74-65-66(75-69(72)63-60-57-54-51-48-44-24-21-18-15-12-9-6-3)64-73-67(70)61-58-55-52-49-46-43-23-20-17-14-11-8-5-2/h9,11-12,14,18,20-21,23,27-28,44,48,54,57,66H,4-8,10,13,15-17,19,22,24-26,29-43,45-47,49-53,55-56,58-65H2,1-3H3/b12-9-,14-11-,21-18-,23-20-,28-27-,48-44-,57-54-. The van der Waals surface area contributed by atoms with E-state index in [4.69, 9.17) is 14.2 Å². The number of carbonyl (C=O) groups is 3.